The average Bonchev–Trinajstić information content (AvgIpc) is 3.23. The number of imidazole rings is 1. The second kappa shape index (κ2) is 12.4. The molecule has 0 radical (unpaired) electrons. The first kappa shape index (κ1) is 28.9. The van der Waals surface area contributed by atoms with Crippen LogP contribution in [0.15, 0.2) is 35.3 Å². The number of fused-ring (bicyclic) bond motifs is 1. The van der Waals surface area contributed by atoms with Crippen molar-refractivity contribution in [3.8, 4) is 11.4 Å². The fourth-order valence-electron chi connectivity index (χ4n) is 4.89. The molecule has 1 saturated heterocycles. The molecular formula is C29H41N5O5. The first-order valence-corrected chi connectivity index (χ1v) is 13.6. The van der Waals surface area contributed by atoms with Gasteiger partial charge < -0.3 is 28.6 Å². The lowest BCUT2D eigenvalue weighted by Crippen LogP contribution is -2.45. The van der Waals surface area contributed by atoms with Crippen molar-refractivity contribution >= 4 is 17.0 Å². The van der Waals surface area contributed by atoms with Gasteiger partial charge in [0.2, 0.25) is 0 Å². The first-order chi connectivity index (χ1) is 18.5. The summed E-state index contributed by atoms with van der Waals surface area (Å²) >= 11 is 0. The number of aromatic nitrogens is 3. The third-order valence-corrected chi connectivity index (χ3v) is 6.98. The minimum atomic E-state index is -0.902. The van der Waals surface area contributed by atoms with Gasteiger partial charge in [-0.25, -0.2) is 4.98 Å². The molecule has 4 rings (SSSR count). The molecule has 0 spiro atoms. The molecule has 0 saturated carbocycles. The Labute approximate surface area is 229 Å². The second-order valence-electron chi connectivity index (χ2n) is 11.1. The summed E-state index contributed by atoms with van der Waals surface area (Å²) in [4.78, 5) is 32.1. The monoisotopic (exact) mass is 539 g/mol. The highest BCUT2D eigenvalue weighted by molar-refractivity contribution is 5.81. The van der Waals surface area contributed by atoms with E-state index in [1.807, 2.05) is 51.2 Å². The van der Waals surface area contributed by atoms with Gasteiger partial charge in [0.25, 0.3) is 5.56 Å². The predicted octanol–water partition coefficient (Wildman–Crippen LogP) is 2.08. The average molecular weight is 540 g/mol. The van der Waals surface area contributed by atoms with E-state index in [1.165, 1.54) is 0 Å². The zero-order valence-electron chi connectivity index (χ0n) is 23.8. The van der Waals surface area contributed by atoms with E-state index < -0.39 is 18.1 Å². The third-order valence-electron chi connectivity index (χ3n) is 6.98. The van der Waals surface area contributed by atoms with Crippen LogP contribution in [-0.2, 0) is 34.4 Å². The number of nitrogens with zero attached hydrogens (tertiary/aromatic N) is 4. The maximum Gasteiger partial charge on any atom is 0.325 e. The molecule has 1 aliphatic heterocycles. The molecule has 1 aliphatic rings. The number of rotatable bonds is 10. The van der Waals surface area contributed by atoms with Crippen LogP contribution in [0.4, 0.5) is 0 Å². The van der Waals surface area contributed by atoms with Crippen LogP contribution in [0.25, 0.3) is 22.4 Å². The fraction of sp³-hybridized carbons (Fsp3) is 0.552. The van der Waals surface area contributed by atoms with Gasteiger partial charge in [0, 0.05) is 44.0 Å². The molecule has 3 heterocycles. The lowest BCUT2D eigenvalue weighted by Gasteiger charge is -2.30. The van der Waals surface area contributed by atoms with Crippen molar-refractivity contribution in [1.29, 1.82) is 0 Å². The number of hydrogen-bond acceptors (Lipinski definition) is 8. The van der Waals surface area contributed by atoms with Gasteiger partial charge in [-0.05, 0) is 50.6 Å². The SMILES string of the molecule is Cc1cc(-c2nc3cc(CNC(C(=O)OCC(C)C)C(C)O)ccc3n2C[C@H]2CN(C)CCO2)cn(C)c1=O. The summed E-state index contributed by atoms with van der Waals surface area (Å²) in [6.45, 7) is 11.0. The molecule has 3 atom stereocenters. The van der Waals surface area contributed by atoms with E-state index in [4.69, 9.17) is 14.5 Å². The molecule has 0 amide bonds. The van der Waals surface area contributed by atoms with E-state index in [-0.39, 0.29) is 17.6 Å². The Bertz CT molecular complexity index is 1340. The summed E-state index contributed by atoms with van der Waals surface area (Å²) < 4.78 is 15.2. The molecule has 212 valence electrons. The summed E-state index contributed by atoms with van der Waals surface area (Å²) in [6, 6.07) is 7.06. The van der Waals surface area contributed by atoms with Crippen molar-refractivity contribution in [2.45, 2.75) is 59.0 Å². The molecule has 2 unspecified atom stereocenters. The molecule has 3 aromatic rings. The van der Waals surface area contributed by atoms with Gasteiger partial charge in [0.1, 0.15) is 11.9 Å². The summed E-state index contributed by atoms with van der Waals surface area (Å²) in [7, 11) is 3.84. The van der Waals surface area contributed by atoms with Crippen LogP contribution in [0.5, 0.6) is 0 Å². The normalized spacial score (nSPS) is 18.0. The number of esters is 1. The molecule has 0 bridgehead atoms. The standard InChI is InChI=1S/C29H41N5O5/c1-18(2)17-39-29(37)26(20(4)35)30-13-21-7-8-25-24(12-21)31-27(22-11-19(3)28(36)33(6)14-22)34(25)16-23-15-32(5)9-10-38-23/h7-8,11-12,14,18,20,23,26,30,35H,9-10,13,15-17H2,1-6H3/t20?,23-,26?/m1/s1. The number of aryl methyl sites for hydroxylation is 2. The Morgan fingerprint density at radius 2 is 2.03 bits per heavy atom. The number of carbonyl (C=O) groups is 1. The Morgan fingerprint density at radius 3 is 2.69 bits per heavy atom. The van der Waals surface area contributed by atoms with E-state index in [9.17, 15) is 14.7 Å². The number of aliphatic hydroxyl groups is 1. The van der Waals surface area contributed by atoms with Gasteiger partial charge in [0.15, 0.2) is 0 Å². The van der Waals surface area contributed by atoms with Crippen molar-refractivity contribution in [2.24, 2.45) is 13.0 Å². The maximum absolute atomic E-state index is 12.5. The Hall–Kier alpha value is -3.05. The van der Waals surface area contributed by atoms with Crippen molar-refractivity contribution in [3.63, 3.8) is 0 Å². The number of ether oxygens (including phenoxy) is 2. The van der Waals surface area contributed by atoms with Crippen LogP contribution in [0.3, 0.4) is 0 Å². The van der Waals surface area contributed by atoms with Gasteiger partial charge in [-0.2, -0.15) is 0 Å². The Morgan fingerprint density at radius 1 is 1.26 bits per heavy atom. The van der Waals surface area contributed by atoms with Crippen LogP contribution in [0.2, 0.25) is 0 Å². The van der Waals surface area contributed by atoms with Gasteiger partial charge >= 0.3 is 5.97 Å². The van der Waals surface area contributed by atoms with Crippen molar-refractivity contribution < 1.29 is 19.4 Å². The molecule has 1 fully saturated rings. The molecule has 2 N–H and O–H groups in total. The molecule has 1 aromatic carbocycles. The molecule has 10 nitrogen and oxygen atoms in total. The predicted molar refractivity (Wildman–Crippen MR) is 150 cm³/mol. The highest BCUT2D eigenvalue weighted by atomic mass is 16.5. The van der Waals surface area contributed by atoms with Gasteiger partial charge in [-0.15, -0.1) is 0 Å². The largest absolute Gasteiger partial charge is 0.464 e. The second-order valence-corrected chi connectivity index (χ2v) is 11.1. The number of nitrogens with one attached hydrogen (secondary N) is 1. The van der Waals surface area contributed by atoms with E-state index >= 15 is 0 Å². The number of morpholine rings is 1. The maximum atomic E-state index is 12.5. The summed E-state index contributed by atoms with van der Waals surface area (Å²) in [5.41, 5.74) is 4.16. The topological polar surface area (TPSA) is 111 Å². The van der Waals surface area contributed by atoms with Gasteiger partial charge in [0.05, 0.1) is 43.0 Å². The number of pyridine rings is 1. The van der Waals surface area contributed by atoms with Crippen LogP contribution in [-0.4, -0.2) is 81.7 Å². The van der Waals surface area contributed by atoms with Crippen molar-refractivity contribution in [2.75, 3.05) is 33.4 Å². The lowest BCUT2D eigenvalue weighted by atomic mass is 10.1. The van der Waals surface area contributed by atoms with Crippen LogP contribution >= 0.6 is 0 Å². The summed E-state index contributed by atoms with van der Waals surface area (Å²) in [5.74, 6) is 0.518. The van der Waals surface area contributed by atoms with Gasteiger partial charge in [-0.3, -0.25) is 14.9 Å². The quantitative estimate of drug-likeness (QED) is 0.377. The zero-order chi connectivity index (χ0) is 28.3. The highest BCUT2D eigenvalue weighted by Gasteiger charge is 2.26. The number of likely N-dealkylation sites (N-methyl/N-ethyl adjacent to an activating group) is 1. The minimum Gasteiger partial charge on any atom is -0.464 e. The van der Waals surface area contributed by atoms with Crippen molar-refractivity contribution in [3.05, 3.63) is 51.9 Å². The van der Waals surface area contributed by atoms with Crippen LogP contribution in [0, 0.1) is 12.8 Å². The van der Waals surface area contributed by atoms with E-state index in [0.29, 0.717) is 31.9 Å². The zero-order valence-corrected chi connectivity index (χ0v) is 23.8. The molecule has 10 heteroatoms. The van der Waals surface area contributed by atoms with Crippen LogP contribution in [0.1, 0.15) is 31.9 Å². The van der Waals surface area contributed by atoms with E-state index in [0.717, 1.165) is 41.1 Å². The summed E-state index contributed by atoms with van der Waals surface area (Å²) in [5, 5.41) is 13.3. The number of benzene rings is 1. The van der Waals surface area contributed by atoms with E-state index in [2.05, 4.69) is 21.8 Å². The Kier molecular flexibility index (Phi) is 9.22. The molecule has 39 heavy (non-hydrogen) atoms. The van der Waals surface area contributed by atoms with Crippen molar-refractivity contribution in [1.82, 2.24) is 24.3 Å². The number of aliphatic hydroxyl groups excluding tert-OH is 1. The molecule has 0 aliphatic carbocycles. The number of carbonyl (C=O) groups excluding carboxylic acids is 1. The Balaban J connectivity index is 1.65. The lowest BCUT2D eigenvalue weighted by molar-refractivity contribution is -0.150. The summed E-state index contributed by atoms with van der Waals surface area (Å²) in [6.07, 6.45) is 0.929. The fourth-order valence-corrected chi connectivity index (χ4v) is 4.89. The first-order valence-electron chi connectivity index (χ1n) is 13.6. The number of hydrogen-bond donors (Lipinski definition) is 2. The van der Waals surface area contributed by atoms with Gasteiger partial charge in [-0.1, -0.05) is 19.9 Å². The third kappa shape index (κ3) is 6.94. The smallest absolute Gasteiger partial charge is 0.325 e. The minimum absolute atomic E-state index is 0.0125. The molecule has 2 aromatic heterocycles. The molecular weight excluding hydrogens is 498 g/mol. The highest BCUT2D eigenvalue weighted by Crippen LogP contribution is 2.27. The van der Waals surface area contributed by atoms with E-state index in [1.54, 1.807) is 18.5 Å². The van der Waals surface area contributed by atoms with Crippen LogP contribution < -0.4 is 10.9 Å².